The van der Waals surface area contributed by atoms with Gasteiger partial charge in [0.05, 0.1) is 12.1 Å². The van der Waals surface area contributed by atoms with Gasteiger partial charge >= 0.3 is 0 Å². The van der Waals surface area contributed by atoms with Crippen molar-refractivity contribution in [3.8, 4) is 0 Å². The molecule has 1 aromatic rings. The Morgan fingerprint density at radius 1 is 1.29 bits per heavy atom. The topological polar surface area (TPSA) is 43.8 Å². The van der Waals surface area contributed by atoms with Crippen molar-refractivity contribution in [2.75, 3.05) is 32.7 Å². The summed E-state index contributed by atoms with van der Waals surface area (Å²) in [6.45, 7) is 1.69. The van der Waals surface area contributed by atoms with Crippen LogP contribution in [0, 0.1) is 0 Å². The highest BCUT2D eigenvalue weighted by Gasteiger charge is 2.41. The van der Waals surface area contributed by atoms with E-state index in [9.17, 15) is 18.7 Å². The van der Waals surface area contributed by atoms with Crippen LogP contribution in [0.1, 0.15) is 24.1 Å². The molecule has 2 saturated heterocycles. The van der Waals surface area contributed by atoms with E-state index in [2.05, 4.69) is 0 Å². The van der Waals surface area contributed by atoms with E-state index < -0.39 is 11.5 Å². The van der Waals surface area contributed by atoms with Gasteiger partial charge in [-0.1, -0.05) is 6.07 Å². The summed E-state index contributed by atoms with van der Waals surface area (Å²) in [4.78, 5) is 16.7. The Labute approximate surface area is 144 Å². The first kappa shape index (κ1) is 17.5. The smallest absolute Gasteiger partial charge is 0.250 e. The van der Waals surface area contributed by atoms with Gasteiger partial charge in [0.25, 0.3) is 5.92 Å². The van der Waals surface area contributed by atoms with Crippen LogP contribution in [0.2, 0.25) is 0 Å². The largest absolute Gasteiger partial charge is 0.387 e. The van der Waals surface area contributed by atoms with Gasteiger partial charge in [0.1, 0.15) is 0 Å². The molecule has 0 radical (unpaired) electrons. The highest BCUT2D eigenvalue weighted by atomic mass is 32.1. The molecule has 24 heavy (non-hydrogen) atoms. The van der Waals surface area contributed by atoms with E-state index in [0.717, 1.165) is 4.88 Å². The van der Waals surface area contributed by atoms with E-state index in [1.165, 1.54) is 6.08 Å². The zero-order chi connectivity index (χ0) is 17.2. The molecule has 0 aromatic carbocycles. The number of nitrogens with zero attached hydrogens (tertiary/aromatic N) is 2. The van der Waals surface area contributed by atoms with E-state index in [1.54, 1.807) is 22.3 Å². The minimum atomic E-state index is -2.58. The monoisotopic (exact) mass is 356 g/mol. The Kier molecular flexibility index (Phi) is 5.03. The summed E-state index contributed by atoms with van der Waals surface area (Å²) < 4.78 is 26.4. The number of thiophene rings is 1. The minimum absolute atomic E-state index is 0.121. The highest BCUT2D eigenvalue weighted by Crippen LogP contribution is 2.30. The first-order valence-corrected chi connectivity index (χ1v) is 9.06. The quantitative estimate of drug-likeness (QED) is 0.843. The van der Waals surface area contributed by atoms with Gasteiger partial charge in [-0.3, -0.25) is 9.69 Å². The second-order valence-electron chi connectivity index (χ2n) is 6.71. The molecule has 4 nitrogen and oxygen atoms in total. The summed E-state index contributed by atoms with van der Waals surface area (Å²) in [5, 5.41) is 12.6. The number of β-amino-alcohol motifs (C(OH)–C–C–N with tert-alkyl or cyclic N) is 1. The van der Waals surface area contributed by atoms with Gasteiger partial charge in [0.15, 0.2) is 0 Å². The summed E-state index contributed by atoms with van der Waals surface area (Å²) in [6, 6.07) is 3.85. The Morgan fingerprint density at radius 3 is 2.71 bits per heavy atom. The highest BCUT2D eigenvalue weighted by molar-refractivity contribution is 7.10. The van der Waals surface area contributed by atoms with Crippen molar-refractivity contribution in [2.45, 2.75) is 30.8 Å². The number of hydrogen-bond donors (Lipinski definition) is 1. The van der Waals surface area contributed by atoms with Crippen molar-refractivity contribution < 1.29 is 18.7 Å². The number of carbonyl (C=O) groups is 1. The fraction of sp³-hybridized carbons (Fsp3) is 0.588. The fourth-order valence-electron chi connectivity index (χ4n) is 3.27. The SMILES string of the molecule is O=C(/C=C/c1cccs1)N1CC[C@@](O)(CN2CCC(F)(F)CC2)C1. The van der Waals surface area contributed by atoms with E-state index in [-0.39, 0.29) is 25.3 Å². The third kappa shape index (κ3) is 4.40. The van der Waals surface area contributed by atoms with Crippen molar-refractivity contribution in [1.29, 1.82) is 0 Å². The molecule has 2 aliphatic heterocycles. The predicted molar refractivity (Wildman–Crippen MR) is 90.1 cm³/mol. The van der Waals surface area contributed by atoms with Crippen molar-refractivity contribution >= 4 is 23.3 Å². The average molecular weight is 356 g/mol. The number of aliphatic hydroxyl groups is 1. The molecule has 132 valence electrons. The van der Waals surface area contributed by atoms with Crippen molar-refractivity contribution in [2.24, 2.45) is 0 Å². The zero-order valence-corrected chi connectivity index (χ0v) is 14.3. The van der Waals surface area contributed by atoms with Crippen molar-refractivity contribution in [3.05, 3.63) is 28.5 Å². The number of hydrogen-bond acceptors (Lipinski definition) is 4. The molecular weight excluding hydrogens is 334 g/mol. The van der Waals surface area contributed by atoms with E-state index in [1.807, 2.05) is 22.4 Å². The molecule has 2 fully saturated rings. The molecule has 1 amide bonds. The van der Waals surface area contributed by atoms with Crippen LogP contribution >= 0.6 is 11.3 Å². The second-order valence-corrected chi connectivity index (χ2v) is 7.69. The summed E-state index contributed by atoms with van der Waals surface area (Å²) in [5.74, 6) is -2.70. The fourth-order valence-corrected chi connectivity index (χ4v) is 3.89. The molecule has 0 aliphatic carbocycles. The number of amides is 1. The average Bonchev–Trinajstić information content (AvgIpc) is 3.17. The first-order valence-electron chi connectivity index (χ1n) is 8.18. The van der Waals surface area contributed by atoms with Crippen molar-refractivity contribution in [3.63, 3.8) is 0 Å². The van der Waals surface area contributed by atoms with Crippen LogP contribution in [0.15, 0.2) is 23.6 Å². The molecule has 3 heterocycles. The molecule has 7 heteroatoms. The third-order valence-electron chi connectivity index (χ3n) is 4.68. The number of rotatable bonds is 4. The van der Waals surface area contributed by atoms with Gasteiger partial charge in [-0.15, -0.1) is 11.3 Å². The molecule has 0 unspecified atom stereocenters. The summed E-state index contributed by atoms with van der Waals surface area (Å²) in [7, 11) is 0. The van der Waals surface area contributed by atoms with E-state index >= 15 is 0 Å². The van der Waals surface area contributed by atoms with E-state index in [4.69, 9.17) is 0 Å². The maximum Gasteiger partial charge on any atom is 0.250 e. The predicted octanol–water partition coefficient (Wildman–Crippen LogP) is 2.46. The van der Waals surface area contributed by atoms with Gasteiger partial charge in [0, 0.05) is 50.0 Å². The van der Waals surface area contributed by atoms with Gasteiger partial charge in [-0.25, -0.2) is 8.78 Å². The zero-order valence-electron chi connectivity index (χ0n) is 13.5. The number of halogens is 2. The lowest BCUT2D eigenvalue weighted by Crippen LogP contribution is -2.49. The van der Waals surface area contributed by atoms with Gasteiger partial charge in [-0.2, -0.15) is 0 Å². The lowest BCUT2D eigenvalue weighted by molar-refractivity contribution is -0.126. The molecule has 3 rings (SSSR count). The van der Waals surface area contributed by atoms with Gasteiger partial charge < -0.3 is 10.0 Å². The molecule has 0 spiro atoms. The second kappa shape index (κ2) is 6.90. The Morgan fingerprint density at radius 2 is 2.04 bits per heavy atom. The lowest BCUT2D eigenvalue weighted by Gasteiger charge is -2.36. The number of carbonyl (C=O) groups excluding carboxylic acids is 1. The standard InChI is InChI=1S/C17H22F2N2O2S/c18-17(19)6-8-20(9-7-17)12-16(23)5-10-21(13-16)15(22)4-3-14-2-1-11-24-14/h1-4,11,23H,5-10,12-13H2/b4-3+/t16-/m1/s1. The van der Waals surface area contributed by atoms with Crippen LogP contribution in [-0.2, 0) is 4.79 Å². The number of piperidine rings is 1. The lowest BCUT2D eigenvalue weighted by atomic mass is 10.00. The molecular formula is C17H22F2N2O2S. The normalized spacial score (nSPS) is 27.9. The van der Waals surface area contributed by atoms with Crippen LogP contribution in [0.3, 0.4) is 0 Å². The Hall–Kier alpha value is -1.31. The summed E-state index contributed by atoms with van der Waals surface area (Å²) in [5.41, 5.74) is -1.00. The number of likely N-dealkylation sites (tertiary alicyclic amines) is 2. The van der Waals surface area contributed by atoms with Crippen LogP contribution in [0.4, 0.5) is 8.78 Å². The number of alkyl halides is 2. The summed E-state index contributed by atoms with van der Waals surface area (Å²) in [6.07, 6.45) is 3.47. The van der Waals surface area contributed by atoms with Crippen LogP contribution in [0.25, 0.3) is 6.08 Å². The molecule has 0 bridgehead atoms. The van der Waals surface area contributed by atoms with Crippen LogP contribution < -0.4 is 0 Å². The maximum atomic E-state index is 13.2. The Balaban J connectivity index is 1.51. The molecule has 1 aromatic heterocycles. The van der Waals surface area contributed by atoms with E-state index in [0.29, 0.717) is 32.6 Å². The van der Waals surface area contributed by atoms with Crippen molar-refractivity contribution in [1.82, 2.24) is 9.80 Å². The molecule has 1 N–H and O–H groups in total. The molecule has 2 aliphatic rings. The van der Waals surface area contributed by atoms with Gasteiger partial charge in [0.2, 0.25) is 5.91 Å². The van der Waals surface area contributed by atoms with Crippen LogP contribution in [-0.4, -0.2) is 65.1 Å². The first-order chi connectivity index (χ1) is 11.4. The Bertz CT molecular complexity index is 596. The van der Waals surface area contributed by atoms with Gasteiger partial charge in [-0.05, 0) is 23.9 Å². The minimum Gasteiger partial charge on any atom is -0.387 e. The maximum absolute atomic E-state index is 13.2. The third-order valence-corrected chi connectivity index (χ3v) is 5.52. The van der Waals surface area contributed by atoms with Crippen LogP contribution in [0.5, 0.6) is 0 Å². The molecule has 0 saturated carbocycles. The molecule has 1 atom stereocenters. The summed E-state index contributed by atoms with van der Waals surface area (Å²) >= 11 is 1.56.